The van der Waals surface area contributed by atoms with E-state index in [2.05, 4.69) is 9.88 Å². The number of aromatic nitrogens is 1. The van der Waals surface area contributed by atoms with Crippen LogP contribution in [0.25, 0.3) is 10.0 Å². The van der Waals surface area contributed by atoms with Gasteiger partial charge in [0.05, 0.1) is 0 Å². The SMILES string of the molecule is CCOC(=O)c1nc(N2CCOCC2)[se]c1-c1ccccc1. The second-order valence-corrected chi connectivity index (χ2v) is 6.91. The summed E-state index contributed by atoms with van der Waals surface area (Å²) in [6.45, 7) is 5.26. The van der Waals surface area contributed by atoms with E-state index in [1.807, 2.05) is 37.3 Å². The van der Waals surface area contributed by atoms with Gasteiger partial charge in [0.25, 0.3) is 0 Å². The van der Waals surface area contributed by atoms with Gasteiger partial charge in [-0.25, -0.2) is 0 Å². The third kappa shape index (κ3) is 3.24. The van der Waals surface area contributed by atoms with E-state index >= 15 is 0 Å². The predicted octanol–water partition coefficient (Wildman–Crippen LogP) is 1.82. The monoisotopic (exact) mass is 366 g/mol. The molecule has 6 heteroatoms. The van der Waals surface area contributed by atoms with Gasteiger partial charge in [-0.3, -0.25) is 0 Å². The van der Waals surface area contributed by atoms with Crippen LogP contribution >= 0.6 is 0 Å². The van der Waals surface area contributed by atoms with E-state index in [4.69, 9.17) is 9.47 Å². The predicted molar refractivity (Wildman–Crippen MR) is 85.6 cm³/mol. The average Bonchev–Trinajstić information content (AvgIpc) is 3.02. The number of anilines is 1. The first kappa shape index (κ1) is 15.3. The van der Waals surface area contributed by atoms with Crippen LogP contribution in [0, 0.1) is 0 Å². The fourth-order valence-corrected chi connectivity index (χ4v) is 4.65. The van der Waals surface area contributed by atoms with Crippen LogP contribution in [-0.2, 0) is 9.47 Å². The van der Waals surface area contributed by atoms with Crippen molar-refractivity contribution < 1.29 is 14.3 Å². The molecule has 2 heterocycles. The molecule has 116 valence electrons. The maximum atomic E-state index is 12.2. The quantitative estimate of drug-likeness (QED) is 0.611. The van der Waals surface area contributed by atoms with Gasteiger partial charge in [-0.15, -0.1) is 0 Å². The average molecular weight is 365 g/mol. The van der Waals surface area contributed by atoms with Crippen molar-refractivity contribution in [2.45, 2.75) is 6.92 Å². The Labute approximate surface area is 135 Å². The molecule has 0 saturated carbocycles. The normalized spacial score (nSPS) is 14.9. The molecule has 0 N–H and O–H groups in total. The van der Waals surface area contributed by atoms with Crippen molar-refractivity contribution in [1.82, 2.24) is 4.98 Å². The summed E-state index contributed by atoms with van der Waals surface area (Å²) in [5.74, 6) is -0.327. The molecular weight excluding hydrogens is 347 g/mol. The van der Waals surface area contributed by atoms with E-state index < -0.39 is 0 Å². The number of morpholine rings is 1. The Morgan fingerprint density at radius 1 is 1.32 bits per heavy atom. The summed E-state index contributed by atoms with van der Waals surface area (Å²) in [5, 5.41) is 0. The molecule has 0 bridgehead atoms. The van der Waals surface area contributed by atoms with E-state index in [1.165, 1.54) is 0 Å². The van der Waals surface area contributed by atoms with Crippen molar-refractivity contribution in [2.75, 3.05) is 37.8 Å². The van der Waals surface area contributed by atoms with Crippen molar-refractivity contribution in [3.63, 3.8) is 0 Å². The van der Waals surface area contributed by atoms with Crippen molar-refractivity contribution in [3.05, 3.63) is 36.0 Å². The summed E-state index contributed by atoms with van der Waals surface area (Å²) < 4.78 is 12.6. The van der Waals surface area contributed by atoms with Gasteiger partial charge in [0, 0.05) is 0 Å². The maximum absolute atomic E-state index is 12.2. The molecule has 22 heavy (non-hydrogen) atoms. The molecule has 1 aromatic carbocycles. The van der Waals surface area contributed by atoms with Gasteiger partial charge >= 0.3 is 135 Å². The fraction of sp³-hybridized carbons (Fsp3) is 0.375. The van der Waals surface area contributed by atoms with Crippen LogP contribution in [0.2, 0.25) is 0 Å². The van der Waals surface area contributed by atoms with Crippen LogP contribution in [0.5, 0.6) is 0 Å². The molecule has 3 rings (SSSR count). The number of nitrogens with zero attached hydrogens (tertiary/aromatic N) is 2. The first-order valence-corrected chi connectivity index (χ1v) is 9.07. The Hall–Kier alpha value is -1.62. The van der Waals surface area contributed by atoms with E-state index in [1.54, 1.807) is 0 Å². The molecule has 1 fully saturated rings. The van der Waals surface area contributed by atoms with Crippen molar-refractivity contribution >= 4 is 25.2 Å². The molecule has 0 radical (unpaired) electrons. The Balaban J connectivity index is 1.98. The Bertz CT molecular complexity index is 636. The van der Waals surface area contributed by atoms with Crippen LogP contribution in [0.15, 0.2) is 30.3 Å². The summed E-state index contributed by atoms with van der Waals surface area (Å²) in [4.78, 5) is 19.1. The minimum absolute atomic E-state index is 0.0147. The second kappa shape index (κ2) is 7.09. The molecule has 0 amide bonds. The van der Waals surface area contributed by atoms with Gasteiger partial charge in [-0.2, -0.15) is 0 Å². The molecule has 0 atom stereocenters. The fourth-order valence-electron chi connectivity index (χ4n) is 2.32. The topological polar surface area (TPSA) is 51.7 Å². The molecule has 1 aliphatic rings. The van der Waals surface area contributed by atoms with Gasteiger partial charge in [-0.1, -0.05) is 0 Å². The zero-order valence-electron chi connectivity index (χ0n) is 12.4. The van der Waals surface area contributed by atoms with Crippen LogP contribution in [-0.4, -0.2) is 58.4 Å². The third-order valence-electron chi connectivity index (χ3n) is 3.40. The molecular formula is C16H18N2O3Se. The standard InChI is InChI=1S/C16H18N2O3Se/c1-2-21-15(19)13-14(12-6-4-3-5-7-12)22-16(17-13)18-8-10-20-11-9-18/h3-7H,2,8-11H2,1H3. The van der Waals surface area contributed by atoms with E-state index in [0.29, 0.717) is 25.5 Å². The molecule has 0 aliphatic carbocycles. The molecule has 1 saturated heterocycles. The number of esters is 1. The summed E-state index contributed by atoms with van der Waals surface area (Å²) in [5.41, 5.74) is 1.52. The summed E-state index contributed by atoms with van der Waals surface area (Å²) in [6, 6.07) is 9.98. The number of hydrogen-bond donors (Lipinski definition) is 0. The zero-order valence-corrected chi connectivity index (χ0v) is 14.2. The van der Waals surface area contributed by atoms with Crippen molar-refractivity contribution in [1.29, 1.82) is 0 Å². The summed E-state index contributed by atoms with van der Waals surface area (Å²) in [6.07, 6.45) is 0. The Morgan fingerprint density at radius 3 is 2.73 bits per heavy atom. The van der Waals surface area contributed by atoms with Crippen LogP contribution < -0.4 is 4.90 Å². The molecule has 1 aliphatic heterocycles. The first-order chi connectivity index (χ1) is 10.8. The van der Waals surface area contributed by atoms with E-state index in [-0.39, 0.29) is 20.5 Å². The Kier molecular flexibility index (Phi) is 4.93. The van der Waals surface area contributed by atoms with Gasteiger partial charge in [0.15, 0.2) is 0 Å². The van der Waals surface area contributed by atoms with Crippen molar-refractivity contribution in [2.24, 2.45) is 0 Å². The second-order valence-electron chi connectivity index (χ2n) is 4.86. The van der Waals surface area contributed by atoms with Gasteiger partial charge in [0.2, 0.25) is 0 Å². The molecule has 5 nitrogen and oxygen atoms in total. The van der Waals surface area contributed by atoms with Gasteiger partial charge < -0.3 is 0 Å². The number of ether oxygens (including phenoxy) is 2. The molecule has 0 unspecified atom stereocenters. The molecule has 1 aromatic heterocycles. The minimum atomic E-state index is -0.327. The van der Waals surface area contributed by atoms with Crippen LogP contribution in [0.1, 0.15) is 17.4 Å². The van der Waals surface area contributed by atoms with E-state index in [9.17, 15) is 4.79 Å². The van der Waals surface area contributed by atoms with Crippen LogP contribution in [0.3, 0.4) is 0 Å². The summed E-state index contributed by atoms with van der Waals surface area (Å²) in [7, 11) is 0. The van der Waals surface area contributed by atoms with Gasteiger partial charge in [-0.05, 0) is 0 Å². The molecule has 0 spiro atoms. The van der Waals surface area contributed by atoms with Gasteiger partial charge in [0.1, 0.15) is 0 Å². The zero-order chi connectivity index (χ0) is 15.4. The first-order valence-electron chi connectivity index (χ1n) is 7.35. The third-order valence-corrected chi connectivity index (χ3v) is 5.85. The number of benzene rings is 1. The van der Waals surface area contributed by atoms with E-state index in [0.717, 1.165) is 27.8 Å². The van der Waals surface area contributed by atoms with Crippen LogP contribution in [0.4, 0.5) is 4.69 Å². The Morgan fingerprint density at radius 2 is 2.05 bits per heavy atom. The molecule has 2 aromatic rings. The van der Waals surface area contributed by atoms with Crippen molar-refractivity contribution in [3.8, 4) is 10.0 Å². The summed E-state index contributed by atoms with van der Waals surface area (Å²) >= 11 is 0.0147. The number of hydrogen-bond acceptors (Lipinski definition) is 5. The number of carbonyl (C=O) groups is 1. The number of rotatable bonds is 4. The number of carbonyl (C=O) groups excluding carboxylic acids is 1.